The van der Waals surface area contributed by atoms with Crippen LogP contribution < -0.4 is 4.74 Å². The molecular formula is C30H42O11S2. The van der Waals surface area contributed by atoms with Crippen LogP contribution in [-0.2, 0) is 30.9 Å². The first kappa shape index (κ1) is 37.9. The quantitative estimate of drug-likeness (QED) is 0.193. The summed E-state index contributed by atoms with van der Waals surface area (Å²) in [7, 11) is -2.99. The van der Waals surface area contributed by atoms with Crippen molar-refractivity contribution in [3.63, 3.8) is 0 Å². The lowest BCUT2D eigenvalue weighted by molar-refractivity contribution is -0.127. The molecule has 1 aliphatic heterocycles. The highest BCUT2D eigenvalue weighted by Gasteiger charge is 2.25. The lowest BCUT2D eigenvalue weighted by Crippen LogP contribution is -2.32. The zero-order chi connectivity index (χ0) is 32.6. The van der Waals surface area contributed by atoms with Crippen LogP contribution in [0, 0.1) is 5.92 Å². The van der Waals surface area contributed by atoms with Crippen LogP contribution in [0.15, 0.2) is 42.0 Å². The number of unbranched alkanes of at least 4 members (excludes halogenated alkanes) is 1. The number of cyclic esters (lactones) is 1. The molecule has 1 heterocycles. The monoisotopic (exact) mass is 642 g/mol. The fourth-order valence-corrected chi connectivity index (χ4v) is 4.64. The molecule has 13 heteroatoms. The van der Waals surface area contributed by atoms with Crippen LogP contribution in [-0.4, -0.2) is 80.8 Å². The number of carbonyl (C=O) groups is 2. The number of hydrogen-bond acceptors (Lipinski definition) is 11. The number of aliphatic hydroxyl groups excluding tert-OH is 2. The molecule has 0 aromatic heterocycles. The van der Waals surface area contributed by atoms with Crippen molar-refractivity contribution in [1.82, 2.24) is 0 Å². The number of sulfone groups is 1. The van der Waals surface area contributed by atoms with Gasteiger partial charge >= 0.3 is 17.5 Å². The van der Waals surface area contributed by atoms with Gasteiger partial charge in [-0.2, -0.15) is 8.42 Å². The van der Waals surface area contributed by atoms with Crippen molar-refractivity contribution in [2.24, 2.45) is 5.92 Å². The van der Waals surface area contributed by atoms with Crippen molar-refractivity contribution in [3.05, 3.63) is 53.1 Å². The molecule has 1 aromatic rings. The fourth-order valence-electron chi connectivity index (χ4n) is 4.09. The minimum absolute atomic E-state index is 0.0541. The Morgan fingerprint density at radius 2 is 1.81 bits per heavy atom. The Kier molecular flexibility index (Phi) is 16.9. The second kappa shape index (κ2) is 19.2. The van der Waals surface area contributed by atoms with Crippen LogP contribution in [0.4, 0.5) is 0 Å². The maximum atomic E-state index is 13.0. The number of ether oxygens (including phenoxy) is 2. The fraction of sp³-hybridized carbons (Fsp3) is 0.533. The molecule has 240 valence electrons. The standard InChI is InChI=1S/C30H42O9S.O2S/c1-5-22(11-9-17-40(4,36)37)10-6-7-16-38-24-18-23-12-8-13-25(31)29(34)26(32)15-14-20(2)21(3)39-30(35)28(23)27(33)19-24;1-3-2/h8,11-12,14-15,18-21,25,29,31,33-34H,5-7,9-10,13,16-17H2,1-4H3;/b12-8+,15-14-,22-11-;/t20-,21+,25+,29+;/m1./s1. The second-order valence-corrected chi connectivity index (χ2v) is 12.7. The van der Waals surface area contributed by atoms with Gasteiger partial charge in [-0.3, -0.25) is 4.79 Å². The van der Waals surface area contributed by atoms with Crippen molar-refractivity contribution in [2.75, 3.05) is 18.6 Å². The number of fused-ring (bicyclic) bond motifs is 1. The van der Waals surface area contributed by atoms with Crippen LogP contribution in [0.5, 0.6) is 11.5 Å². The SMILES string of the molecule is CC/C(=C/CCS(C)(=O)=O)CCCCOc1cc(O)c2c(c1)/C=C/C[C@H](O)[C@H](O)C(=O)/C=C\[C@@H](C)[C@H](C)OC2=O.O=S=O. The molecule has 0 radical (unpaired) electrons. The third kappa shape index (κ3) is 14.3. The molecule has 0 bridgehead atoms. The molecule has 0 spiro atoms. The van der Waals surface area contributed by atoms with Gasteiger partial charge in [-0.25, -0.2) is 13.2 Å². The number of aromatic hydroxyl groups is 1. The van der Waals surface area contributed by atoms with E-state index in [4.69, 9.17) is 17.9 Å². The van der Waals surface area contributed by atoms with Crippen LogP contribution in [0.2, 0.25) is 0 Å². The summed E-state index contributed by atoms with van der Waals surface area (Å²) in [6, 6.07) is 2.94. The number of allylic oxidation sites excluding steroid dienone is 2. The van der Waals surface area contributed by atoms with E-state index < -0.39 is 51.5 Å². The Morgan fingerprint density at radius 1 is 1.14 bits per heavy atom. The van der Waals surface area contributed by atoms with E-state index in [2.05, 4.69) is 0 Å². The van der Waals surface area contributed by atoms with E-state index in [1.54, 1.807) is 19.9 Å². The molecule has 4 atom stereocenters. The molecule has 0 fully saturated rings. The van der Waals surface area contributed by atoms with Crippen molar-refractivity contribution in [3.8, 4) is 11.5 Å². The molecule has 2 rings (SSSR count). The largest absolute Gasteiger partial charge is 0.507 e. The molecule has 0 saturated heterocycles. The van der Waals surface area contributed by atoms with E-state index >= 15 is 0 Å². The van der Waals surface area contributed by atoms with Gasteiger partial charge in [0.2, 0.25) is 0 Å². The van der Waals surface area contributed by atoms with Gasteiger partial charge in [0.1, 0.15) is 39.1 Å². The summed E-state index contributed by atoms with van der Waals surface area (Å²) in [5.74, 6) is -1.60. The van der Waals surface area contributed by atoms with E-state index in [1.165, 1.54) is 42.2 Å². The van der Waals surface area contributed by atoms with E-state index in [-0.39, 0.29) is 29.4 Å². The maximum absolute atomic E-state index is 13.0. The van der Waals surface area contributed by atoms with E-state index in [0.29, 0.717) is 24.3 Å². The van der Waals surface area contributed by atoms with Crippen LogP contribution in [0.25, 0.3) is 6.08 Å². The van der Waals surface area contributed by atoms with E-state index in [9.17, 15) is 33.3 Å². The summed E-state index contributed by atoms with van der Waals surface area (Å²) in [4.78, 5) is 25.2. The third-order valence-electron chi connectivity index (χ3n) is 6.79. The normalized spacial score (nSPS) is 23.1. The summed E-state index contributed by atoms with van der Waals surface area (Å²) in [6.45, 7) is 5.79. The topological polar surface area (TPSA) is 182 Å². The molecule has 1 aromatic carbocycles. The van der Waals surface area contributed by atoms with Gasteiger partial charge in [-0.15, -0.1) is 0 Å². The molecule has 0 amide bonds. The highest BCUT2D eigenvalue weighted by molar-refractivity contribution is 7.90. The number of ketones is 1. The number of aliphatic hydroxyl groups is 2. The van der Waals surface area contributed by atoms with Crippen molar-refractivity contribution in [1.29, 1.82) is 0 Å². The summed E-state index contributed by atoms with van der Waals surface area (Å²) in [5.41, 5.74) is 1.45. The first-order chi connectivity index (χ1) is 20.2. The number of esters is 1. The number of benzene rings is 1. The molecule has 1 aliphatic rings. The van der Waals surface area contributed by atoms with Gasteiger partial charge in [0, 0.05) is 18.2 Å². The Morgan fingerprint density at radius 3 is 2.44 bits per heavy atom. The maximum Gasteiger partial charge on any atom is 0.342 e. The average Bonchev–Trinajstić information content (AvgIpc) is 2.93. The molecule has 0 unspecified atom stereocenters. The number of phenolic OH excluding ortho intramolecular Hbond substituents is 1. The minimum Gasteiger partial charge on any atom is -0.507 e. The predicted molar refractivity (Wildman–Crippen MR) is 163 cm³/mol. The number of rotatable bonds is 10. The summed E-state index contributed by atoms with van der Waals surface area (Å²) < 4.78 is 50.6. The number of carbonyl (C=O) groups excluding carboxylic acids is 2. The number of hydrogen-bond donors (Lipinski definition) is 3. The highest BCUT2D eigenvalue weighted by atomic mass is 32.2. The van der Waals surface area contributed by atoms with Gasteiger partial charge in [0.25, 0.3) is 0 Å². The molecular weight excluding hydrogens is 600 g/mol. The van der Waals surface area contributed by atoms with Crippen molar-refractivity contribution in [2.45, 2.75) is 77.6 Å². The molecule has 0 aliphatic carbocycles. The Bertz CT molecular complexity index is 1310. The van der Waals surface area contributed by atoms with Crippen molar-refractivity contribution >= 4 is 39.2 Å². The molecule has 0 saturated carbocycles. The summed E-state index contributed by atoms with van der Waals surface area (Å²) in [6.07, 6.45) is 9.00. The highest BCUT2D eigenvalue weighted by Crippen LogP contribution is 2.31. The van der Waals surface area contributed by atoms with Gasteiger partial charge < -0.3 is 24.8 Å². The molecule has 3 N–H and O–H groups in total. The lowest BCUT2D eigenvalue weighted by Gasteiger charge is -2.20. The van der Waals surface area contributed by atoms with Crippen LogP contribution >= 0.6 is 0 Å². The van der Waals surface area contributed by atoms with Gasteiger partial charge in [0.15, 0.2) is 5.78 Å². The lowest BCUT2D eigenvalue weighted by atomic mass is 9.99. The second-order valence-electron chi connectivity index (χ2n) is 10.3. The van der Waals surface area contributed by atoms with E-state index in [1.807, 2.05) is 13.0 Å². The van der Waals surface area contributed by atoms with Gasteiger partial charge in [0.05, 0.1) is 18.5 Å². The predicted octanol–water partition coefficient (Wildman–Crippen LogP) is 3.49. The first-order valence-corrected chi connectivity index (χ1v) is 16.7. The van der Waals surface area contributed by atoms with Gasteiger partial charge in [-0.1, -0.05) is 43.7 Å². The molecule has 11 nitrogen and oxygen atoms in total. The van der Waals surface area contributed by atoms with Crippen molar-refractivity contribution < 1.29 is 51.2 Å². The summed E-state index contributed by atoms with van der Waals surface area (Å²) in [5, 5.41) is 31.1. The number of phenols is 1. The average molecular weight is 643 g/mol. The Labute approximate surface area is 256 Å². The minimum atomic E-state index is -2.99. The Balaban J connectivity index is 0.00000295. The summed E-state index contributed by atoms with van der Waals surface area (Å²) >= 11 is -0.750. The van der Waals surface area contributed by atoms with E-state index in [0.717, 1.165) is 25.7 Å². The van der Waals surface area contributed by atoms with Crippen LogP contribution in [0.3, 0.4) is 0 Å². The van der Waals surface area contributed by atoms with Crippen LogP contribution in [0.1, 0.15) is 75.2 Å². The first-order valence-electron chi connectivity index (χ1n) is 14.0. The Hall–Kier alpha value is -3.13. The zero-order valence-electron chi connectivity index (χ0n) is 24.9. The molecule has 43 heavy (non-hydrogen) atoms. The van der Waals surface area contributed by atoms with Gasteiger partial charge in [-0.05, 0) is 63.2 Å². The zero-order valence-corrected chi connectivity index (χ0v) is 26.6. The third-order valence-corrected chi connectivity index (χ3v) is 7.77. The smallest absolute Gasteiger partial charge is 0.342 e.